The van der Waals surface area contributed by atoms with Crippen LogP contribution in [-0.2, 0) is 13.1 Å². The van der Waals surface area contributed by atoms with Crippen molar-refractivity contribution in [2.24, 2.45) is 0 Å². The average Bonchev–Trinajstić information content (AvgIpc) is 3.17. The Bertz CT molecular complexity index is 690. The molecule has 0 radical (unpaired) electrons. The van der Waals surface area contributed by atoms with Crippen LogP contribution in [-0.4, -0.2) is 26.3 Å². The van der Waals surface area contributed by atoms with Crippen LogP contribution in [0.4, 0.5) is 5.69 Å². The van der Waals surface area contributed by atoms with Gasteiger partial charge in [-0.25, -0.2) is 0 Å². The molecule has 0 atom stereocenters. The highest BCUT2D eigenvalue weighted by molar-refractivity contribution is 6.33. The van der Waals surface area contributed by atoms with Gasteiger partial charge in [-0.2, -0.15) is 0 Å². The Hall–Kier alpha value is -1.62. The first-order chi connectivity index (χ1) is 10.7. The van der Waals surface area contributed by atoms with Gasteiger partial charge in [0.25, 0.3) is 0 Å². The van der Waals surface area contributed by atoms with Gasteiger partial charge in [0.15, 0.2) is 5.82 Å². The standard InChI is InChI=1S/C16H20ClN5/c1-11-15(17)13(6-7-18-11)21-8-9-22-14(10-21)19-20-16(22)12-4-2-3-5-12/h6-7,12H,2-5,8-10H2,1H3. The third kappa shape index (κ3) is 2.28. The summed E-state index contributed by atoms with van der Waals surface area (Å²) in [5, 5.41) is 9.67. The fourth-order valence-corrected chi connectivity index (χ4v) is 3.88. The molecule has 0 spiro atoms. The maximum atomic E-state index is 6.42. The highest BCUT2D eigenvalue weighted by Gasteiger charge is 2.28. The third-order valence-electron chi connectivity index (χ3n) is 4.89. The van der Waals surface area contributed by atoms with Gasteiger partial charge >= 0.3 is 0 Å². The molecular weight excluding hydrogens is 298 g/mol. The minimum absolute atomic E-state index is 0.611. The lowest BCUT2D eigenvalue weighted by Gasteiger charge is -2.31. The molecule has 0 N–H and O–H groups in total. The molecule has 2 aromatic rings. The number of hydrogen-bond acceptors (Lipinski definition) is 4. The van der Waals surface area contributed by atoms with Gasteiger partial charge in [-0.15, -0.1) is 10.2 Å². The van der Waals surface area contributed by atoms with E-state index < -0.39 is 0 Å². The number of halogens is 1. The summed E-state index contributed by atoms with van der Waals surface area (Å²) in [5.41, 5.74) is 1.92. The van der Waals surface area contributed by atoms with Crippen molar-refractivity contribution in [1.82, 2.24) is 19.7 Å². The minimum atomic E-state index is 0.611. The Morgan fingerprint density at radius 3 is 2.82 bits per heavy atom. The number of nitrogens with zero attached hydrogens (tertiary/aromatic N) is 5. The van der Waals surface area contributed by atoms with Gasteiger partial charge in [0.05, 0.1) is 22.9 Å². The molecule has 2 aromatic heterocycles. The van der Waals surface area contributed by atoms with Crippen molar-refractivity contribution < 1.29 is 0 Å². The fraction of sp³-hybridized carbons (Fsp3) is 0.562. The zero-order valence-corrected chi connectivity index (χ0v) is 13.6. The average molecular weight is 318 g/mol. The molecular formula is C16H20ClN5. The van der Waals surface area contributed by atoms with Crippen LogP contribution in [0, 0.1) is 6.92 Å². The SMILES string of the molecule is Cc1nccc(N2CCn3c(nnc3C3CCCC3)C2)c1Cl. The molecule has 2 aliphatic rings. The van der Waals surface area contributed by atoms with Crippen molar-refractivity contribution in [1.29, 1.82) is 0 Å². The molecule has 4 rings (SSSR count). The van der Waals surface area contributed by atoms with E-state index in [2.05, 4.69) is 24.6 Å². The molecule has 1 saturated carbocycles. The Labute approximate surface area is 135 Å². The van der Waals surface area contributed by atoms with Crippen molar-refractivity contribution in [2.75, 3.05) is 11.4 Å². The largest absolute Gasteiger partial charge is 0.361 e. The molecule has 0 amide bonds. The van der Waals surface area contributed by atoms with Crippen LogP contribution in [0.5, 0.6) is 0 Å². The van der Waals surface area contributed by atoms with Crippen LogP contribution >= 0.6 is 11.6 Å². The smallest absolute Gasteiger partial charge is 0.152 e. The van der Waals surface area contributed by atoms with E-state index in [1.165, 1.54) is 31.5 Å². The highest BCUT2D eigenvalue weighted by atomic mass is 35.5. The molecule has 0 saturated heterocycles. The molecule has 0 bridgehead atoms. The van der Waals surface area contributed by atoms with E-state index in [1.807, 2.05) is 19.2 Å². The number of fused-ring (bicyclic) bond motifs is 1. The van der Waals surface area contributed by atoms with Crippen LogP contribution in [0.25, 0.3) is 0 Å². The summed E-state index contributed by atoms with van der Waals surface area (Å²) < 4.78 is 2.33. The van der Waals surface area contributed by atoms with E-state index in [4.69, 9.17) is 11.6 Å². The maximum Gasteiger partial charge on any atom is 0.152 e. The van der Waals surface area contributed by atoms with E-state index in [0.717, 1.165) is 41.9 Å². The van der Waals surface area contributed by atoms with Crippen LogP contribution < -0.4 is 4.90 Å². The molecule has 1 fully saturated rings. The molecule has 1 aliphatic carbocycles. The zero-order chi connectivity index (χ0) is 15.1. The van der Waals surface area contributed by atoms with Gasteiger partial charge in [-0.05, 0) is 25.8 Å². The summed E-state index contributed by atoms with van der Waals surface area (Å²) in [4.78, 5) is 6.52. The van der Waals surface area contributed by atoms with Crippen LogP contribution in [0.1, 0.15) is 48.9 Å². The number of aryl methyl sites for hydroxylation is 1. The summed E-state index contributed by atoms with van der Waals surface area (Å²) >= 11 is 6.42. The Kier molecular flexibility index (Phi) is 3.53. The normalized spacial score (nSPS) is 18.7. The summed E-state index contributed by atoms with van der Waals surface area (Å²) in [7, 11) is 0. The van der Waals surface area contributed by atoms with Crippen molar-refractivity contribution >= 4 is 17.3 Å². The van der Waals surface area contributed by atoms with E-state index in [1.54, 1.807) is 0 Å². The molecule has 5 nitrogen and oxygen atoms in total. The van der Waals surface area contributed by atoms with Gasteiger partial charge < -0.3 is 9.47 Å². The lowest BCUT2D eigenvalue weighted by Crippen LogP contribution is -2.34. The van der Waals surface area contributed by atoms with Gasteiger partial charge in [0.1, 0.15) is 5.82 Å². The van der Waals surface area contributed by atoms with Crippen molar-refractivity contribution in [2.45, 2.75) is 51.6 Å². The first kappa shape index (κ1) is 14.0. The van der Waals surface area contributed by atoms with Crippen molar-refractivity contribution in [3.05, 3.63) is 34.6 Å². The van der Waals surface area contributed by atoms with Gasteiger partial charge in [-0.1, -0.05) is 24.4 Å². The zero-order valence-electron chi connectivity index (χ0n) is 12.8. The number of aromatic nitrogens is 4. The number of anilines is 1. The number of hydrogen-bond donors (Lipinski definition) is 0. The topological polar surface area (TPSA) is 46.8 Å². The lowest BCUT2D eigenvalue weighted by atomic mass is 10.1. The van der Waals surface area contributed by atoms with Crippen LogP contribution in [0.3, 0.4) is 0 Å². The third-order valence-corrected chi connectivity index (χ3v) is 5.35. The van der Waals surface area contributed by atoms with Crippen molar-refractivity contribution in [3.8, 4) is 0 Å². The molecule has 6 heteroatoms. The first-order valence-corrected chi connectivity index (χ1v) is 8.40. The first-order valence-electron chi connectivity index (χ1n) is 8.02. The highest BCUT2D eigenvalue weighted by Crippen LogP contribution is 2.35. The summed E-state index contributed by atoms with van der Waals surface area (Å²) in [5.74, 6) is 2.86. The Balaban J connectivity index is 1.61. The van der Waals surface area contributed by atoms with Gasteiger partial charge in [0.2, 0.25) is 0 Å². The maximum absolute atomic E-state index is 6.42. The predicted octanol–water partition coefficient (Wildman–Crippen LogP) is 3.31. The Morgan fingerprint density at radius 1 is 1.18 bits per heavy atom. The monoisotopic (exact) mass is 317 g/mol. The molecule has 1 aliphatic heterocycles. The van der Waals surface area contributed by atoms with Gasteiger partial charge in [0, 0.05) is 25.2 Å². The summed E-state index contributed by atoms with van der Waals surface area (Å²) in [6.07, 6.45) is 6.99. The summed E-state index contributed by atoms with van der Waals surface area (Å²) in [6.45, 7) is 4.58. The summed E-state index contributed by atoms with van der Waals surface area (Å²) in [6, 6.07) is 1.99. The van der Waals surface area contributed by atoms with Gasteiger partial charge in [-0.3, -0.25) is 4.98 Å². The second-order valence-corrected chi connectivity index (χ2v) is 6.64. The van der Waals surface area contributed by atoms with E-state index >= 15 is 0 Å². The van der Waals surface area contributed by atoms with E-state index in [0.29, 0.717) is 5.92 Å². The van der Waals surface area contributed by atoms with E-state index in [-0.39, 0.29) is 0 Å². The number of pyridine rings is 1. The molecule has 3 heterocycles. The number of rotatable bonds is 2. The lowest BCUT2D eigenvalue weighted by molar-refractivity contribution is 0.518. The predicted molar refractivity (Wildman–Crippen MR) is 86.3 cm³/mol. The molecule has 116 valence electrons. The molecule has 0 unspecified atom stereocenters. The minimum Gasteiger partial charge on any atom is -0.361 e. The quantitative estimate of drug-likeness (QED) is 0.852. The fourth-order valence-electron chi connectivity index (χ4n) is 3.65. The van der Waals surface area contributed by atoms with E-state index in [9.17, 15) is 0 Å². The second-order valence-electron chi connectivity index (χ2n) is 6.26. The molecule has 0 aromatic carbocycles. The molecule has 22 heavy (non-hydrogen) atoms. The van der Waals surface area contributed by atoms with Crippen LogP contribution in [0.15, 0.2) is 12.3 Å². The van der Waals surface area contributed by atoms with Crippen LogP contribution in [0.2, 0.25) is 5.02 Å². The van der Waals surface area contributed by atoms with Crippen molar-refractivity contribution in [3.63, 3.8) is 0 Å². The Morgan fingerprint density at radius 2 is 2.00 bits per heavy atom. The second kappa shape index (κ2) is 5.54.